The molecule has 1 heterocycles. The van der Waals surface area contributed by atoms with Gasteiger partial charge in [0.15, 0.2) is 15.8 Å². The Balaban J connectivity index is 1.77. The minimum absolute atomic E-state index is 0.0427. The topological polar surface area (TPSA) is 103 Å². The lowest BCUT2D eigenvalue weighted by Crippen LogP contribution is -2.42. The molecule has 168 valence electrons. The number of amides is 1. The van der Waals surface area contributed by atoms with Gasteiger partial charge in [0.05, 0.1) is 18.1 Å². The van der Waals surface area contributed by atoms with Crippen LogP contribution in [0, 0.1) is 6.92 Å². The van der Waals surface area contributed by atoms with Gasteiger partial charge in [-0.3, -0.25) is 9.79 Å². The number of rotatable bonds is 10. The number of benzene rings is 1. The first-order valence-corrected chi connectivity index (χ1v) is 12.5. The van der Waals surface area contributed by atoms with Crippen LogP contribution in [0.4, 0.5) is 5.69 Å². The van der Waals surface area contributed by atoms with Gasteiger partial charge in [-0.05, 0) is 44.9 Å². The molecule has 1 aromatic rings. The van der Waals surface area contributed by atoms with E-state index in [2.05, 4.69) is 64.0 Å². The Hall–Kier alpha value is -2.29. The Morgan fingerprint density at radius 1 is 1.27 bits per heavy atom. The van der Waals surface area contributed by atoms with Crippen LogP contribution >= 0.6 is 0 Å². The second-order valence-corrected chi connectivity index (χ2v) is 9.75. The quantitative estimate of drug-likeness (QED) is 0.374. The highest BCUT2D eigenvalue weighted by atomic mass is 32.2. The van der Waals surface area contributed by atoms with Gasteiger partial charge < -0.3 is 20.9 Å². The minimum Gasteiger partial charge on any atom is -0.370 e. The molecule has 1 unspecified atom stereocenters. The summed E-state index contributed by atoms with van der Waals surface area (Å²) in [4.78, 5) is 18.8. The van der Waals surface area contributed by atoms with Gasteiger partial charge in [0.2, 0.25) is 5.91 Å². The number of guanidine groups is 1. The summed E-state index contributed by atoms with van der Waals surface area (Å²) < 4.78 is 23.0. The highest BCUT2D eigenvalue weighted by Crippen LogP contribution is 2.15. The largest absolute Gasteiger partial charge is 0.370 e. The number of hydrogen-bond donors (Lipinski definition) is 3. The van der Waals surface area contributed by atoms with Gasteiger partial charge >= 0.3 is 0 Å². The van der Waals surface area contributed by atoms with Gasteiger partial charge in [-0.1, -0.05) is 12.1 Å². The number of hydrogen-bond acceptors (Lipinski definition) is 5. The predicted octanol–water partition coefficient (Wildman–Crippen LogP) is 1.07. The van der Waals surface area contributed by atoms with Crippen LogP contribution in [0.5, 0.6) is 0 Å². The van der Waals surface area contributed by atoms with E-state index in [4.69, 9.17) is 0 Å². The molecular formula is C21H35N5O3S. The first-order valence-electron chi connectivity index (χ1n) is 10.7. The van der Waals surface area contributed by atoms with Crippen LogP contribution in [0.25, 0.3) is 0 Å². The number of sulfone groups is 1. The van der Waals surface area contributed by atoms with Crippen LogP contribution in [0.1, 0.15) is 32.3 Å². The van der Waals surface area contributed by atoms with Gasteiger partial charge in [0.25, 0.3) is 0 Å². The Bertz CT molecular complexity index is 826. The van der Waals surface area contributed by atoms with E-state index in [1.165, 1.54) is 11.3 Å². The van der Waals surface area contributed by atoms with Crippen molar-refractivity contribution in [2.45, 2.75) is 39.7 Å². The van der Waals surface area contributed by atoms with Crippen molar-refractivity contribution in [1.82, 2.24) is 16.0 Å². The predicted molar refractivity (Wildman–Crippen MR) is 123 cm³/mol. The number of likely N-dealkylation sites (N-methyl/N-ethyl adjacent to an activating group) is 1. The number of aliphatic imine (C=N–C) groups is 1. The van der Waals surface area contributed by atoms with Crippen molar-refractivity contribution < 1.29 is 13.2 Å². The highest BCUT2D eigenvalue weighted by Gasteiger charge is 2.28. The summed E-state index contributed by atoms with van der Waals surface area (Å²) in [6, 6.07) is 8.19. The lowest BCUT2D eigenvalue weighted by atomic mass is 10.2. The molecule has 0 radical (unpaired) electrons. The Labute approximate surface area is 180 Å². The van der Waals surface area contributed by atoms with Crippen molar-refractivity contribution in [3.05, 3.63) is 29.8 Å². The highest BCUT2D eigenvalue weighted by molar-refractivity contribution is 7.91. The molecule has 1 atom stereocenters. The number of aryl methyl sites for hydroxylation is 1. The Morgan fingerprint density at radius 2 is 2.07 bits per heavy atom. The summed E-state index contributed by atoms with van der Waals surface area (Å²) in [6.07, 6.45) is 0.730. The molecular weight excluding hydrogens is 402 g/mol. The van der Waals surface area contributed by atoms with Crippen molar-refractivity contribution in [2.24, 2.45) is 4.99 Å². The summed E-state index contributed by atoms with van der Waals surface area (Å²) in [5.74, 6) is 0.713. The fourth-order valence-corrected chi connectivity index (χ4v) is 5.10. The van der Waals surface area contributed by atoms with Gasteiger partial charge in [-0.25, -0.2) is 8.42 Å². The molecule has 8 nitrogen and oxygen atoms in total. The zero-order valence-electron chi connectivity index (χ0n) is 18.3. The molecule has 0 aromatic heterocycles. The third kappa shape index (κ3) is 8.22. The first kappa shape index (κ1) is 24.0. The second kappa shape index (κ2) is 11.8. The van der Waals surface area contributed by atoms with E-state index in [0.717, 1.165) is 26.2 Å². The fraction of sp³-hybridized carbons (Fsp3) is 0.619. The minimum atomic E-state index is -2.99. The maximum absolute atomic E-state index is 12.1. The third-order valence-electron chi connectivity index (χ3n) is 4.97. The van der Waals surface area contributed by atoms with E-state index in [9.17, 15) is 13.2 Å². The molecule has 0 spiro atoms. The number of carbonyl (C=O) groups excluding carboxylic acids is 1. The zero-order valence-corrected chi connectivity index (χ0v) is 19.1. The molecule has 0 saturated carbocycles. The van der Waals surface area contributed by atoms with E-state index in [-0.39, 0.29) is 29.9 Å². The van der Waals surface area contributed by atoms with Gasteiger partial charge in [-0.2, -0.15) is 0 Å². The Kier molecular flexibility index (Phi) is 9.42. The number of anilines is 1. The van der Waals surface area contributed by atoms with Crippen molar-refractivity contribution in [3.8, 4) is 0 Å². The van der Waals surface area contributed by atoms with Crippen LogP contribution < -0.4 is 20.9 Å². The van der Waals surface area contributed by atoms with Crippen molar-refractivity contribution in [3.63, 3.8) is 0 Å². The molecule has 0 aliphatic carbocycles. The molecule has 1 aliphatic heterocycles. The molecule has 3 N–H and O–H groups in total. The average Bonchev–Trinajstić information content (AvgIpc) is 3.03. The fourth-order valence-electron chi connectivity index (χ4n) is 3.42. The third-order valence-corrected chi connectivity index (χ3v) is 6.74. The summed E-state index contributed by atoms with van der Waals surface area (Å²) in [7, 11) is -2.99. The molecule has 0 bridgehead atoms. The standard InChI is InChI=1S/C21H35N5O3S/c1-4-22-21(23-11-9-20(27)25-18-10-14-30(28,29)16-18)24-12-13-26(5-2)19-8-6-7-17(3)15-19/h6-8,15,18H,4-5,9-14,16H2,1-3H3,(H,25,27)(H2,22,23,24). The molecule has 30 heavy (non-hydrogen) atoms. The summed E-state index contributed by atoms with van der Waals surface area (Å²) >= 11 is 0. The molecule has 1 aliphatic rings. The molecule has 1 aromatic carbocycles. The van der Waals surface area contributed by atoms with Gasteiger partial charge in [0.1, 0.15) is 0 Å². The zero-order chi connectivity index (χ0) is 22.0. The normalized spacial score (nSPS) is 18.1. The van der Waals surface area contributed by atoms with Crippen LogP contribution in [0.15, 0.2) is 29.3 Å². The smallest absolute Gasteiger partial charge is 0.222 e. The van der Waals surface area contributed by atoms with Gasteiger partial charge in [0, 0.05) is 44.3 Å². The average molecular weight is 438 g/mol. The second-order valence-electron chi connectivity index (χ2n) is 7.52. The molecule has 1 saturated heterocycles. The monoisotopic (exact) mass is 437 g/mol. The summed E-state index contributed by atoms with van der Waals surface area (Å²) in [5.41, 5.74) is 2.44. The SMILES string of the molecule is CCNC(=NCCC(=O)NC1CCS(=O)(=O)C1)NCCN(CC)c1cccc(C)c1. The lowest BCUT2D eigenvalue weighted by Gasteiger charge is -2.24. The van der Waals surface area contributed by atoms with Crippen LogP contribution in [0.3, 0.4) is 0 Å². The van der Waals surface area contributed by atoms with Gasteiger partial charge in [-0.15, -0.1) is 0 Å². The van der Waals surface area contributed by atoms with Crippen LogP contribution in [-0.4, -0.2) is 70.6 Å². The first-order chi connectivity index (χ1) is 14.3. The number of nitrogens with one attached hydrogen (secondary N) is 3. The molecule has 1 amide bonds. The van der Waals surface area contributed by atoms with Crippen molar-refractivity contribution in [1.29, 1.82) is 0 Å². The maximum atomic E-state index is 12.1. The summed E-state index contributed by atoms with van der Waals surface area (Å²) in [5, 5.41) is 9.30. The molecule has 9 heteroatoms. The van der Waals surface area contributed by atoms with E-state index in [0.29, 0.717) is 18.9 Å². The van der Waals surface area contributed by atoms with Crippen LogP contribution in [0.2, 0.25) is 0 Å². The van der Waals surface area contributed by atoms with Crippen molar-refractivity contribution in [2.75, 3.05) is 49.1 Å². The van der Waals surface area contributed by atoms with E-state index in [1.54, 1.807) is 0 Å². The van der Waals surface area contributed by atoms with E-state index >= 15 is 0 Å². The van der Waals surface area contributed by atoms with E-state index < -0.39 is 9.84 Å². The molecule has 1 fully saturated rings. The summed E-state index contributed by atoms with van der Waals surface area (Å²) in [6.45, 7) is 9.76. The van der Waals surface area contributed by atoms with E-state index in [1.807, 2.05) is 6.92 Å². The van der Waals surface area contributed by atoms with Crippen molar-refractivity contribution >= 4 is 27.4 Å². The van der Waals surface area contributed by atoms with Crippen LogP contribution in [-0.2, 0) is 14.6 Å². The Morgan fingerprint density at radius 3 is 2.70 bits per heavy atom. The lowest BCUT2D eigenvalue weighted by molar-refractivity contribution is -0.121. The number of nitrogens with zero attached hydrogens (tertiary/aromatic N) is 2. The number of carbonyl (C=O) groups is 1. The maximum Gasteiger partial charge on any atom is 0.222 e. The molecule has 2 rings (SSSR count).